The third kappa shape index (κ3) is 4.16. The fourth-order valence-corrected chi connectivity index (χ4v) is 2.88. The topological polar surface area (TPSA) is 91.2 Å². The number of nitrogens with one attached hydrogen (secondary N) is 1. The van der Waals surface area contributed by atoms with E-state index in [2.05, 4.69) is 20.8 Å². The molecule has 1 unspecified atom stereocenters. The Morgan fingerprint density at radius 3 is 2.54 bits per heavy atom. The number of nitrogens with zero attached hydrogens (tertiary/aromatic N) is 4. The van der Waals surface area contributed by atoms with Crippen LogP contribution in [0.4, 0.5) is 5.69 Å². The zero-order valence-electron chi connectivity index (χ0n) is 14.3. The number of carbonyl (C=O) groups is 1. The molecule has 1 N–H and O–H groups in total. The van der Waals surface area contributed by atoms with E-state index in [4.69, 9.17) is 9.47 Å². The van der Waals surface area contributed by atoms with E-state index >= 15 is 0 Å². The molecule has 24 heavy (non-hydrogen) atoms. The Morgan fingerprint density at radius 1 is 1.21 bits per heavy atom. The Bertz CT molecular complexity index is 704. The molecule has 130 valence electrons. The lowest BCUT2D eigenvalue weighted by atomic mass is 10.2. The molecule has 1 aromatic heterocycles. The van der Waals surface area contributed by atoms with E-state index in [1.165, 1.54) is 11.8 Å². The summed E-state index contributed by atoms with van der Waals surface area (Å²) >= 11 is 1.31. The minimum absolute atomic E-state index is 0.128. The normalized spacial score (nSPS) is 12.1. The average Bonchev–Trinajstić information content (AvgIpc) is 3.02. The molecule has 1 atom stereocenters. The van der Waals surface area contributed by atoms with Crippen LogP contribution in [0.5, 0.6) is 11.5 Å². The van der Waals surface area contributed by atoms with Gasteiger partial charge in [-0.15, -0.1) is 5.10 Å². The van der Waals surface area contributed by atoms with Gasteiger partial charge in [-0.25, -0.2) is 4.68 Å². The summed E-state index contributed by atoms with van der Waals surface area (Å²) in [6.07, 6.45) is 0. The molecule has 2 aromatic rings. The van der Waals surface area contributed by atoms with Crippen LogP contribution in [-0.2, 0) is 4.79 Å². The predicted octanol–water partition coefficient (Wildman–Crippen LogP) is 2.39. The van der Waals surface area contributed by atoms with Crippen LogP contribution in [-0.4, -0.2) is 45.6 Å². The summed E-state index contributed by atoms with van der Waals surface area (Å²) in [7, 11) is 3.11. The molecular weight excluding hydrogens is 330 g/mol. The van der Waals surface area contributed by atoms with Gasteiger partial charge in [0, 0.05) is 11.8 Å². The van der Waals surface area contributed by atoms with E-state index in [0.29, 0.717) is 22.3 Å². The molecule has 0 bridgehead atoms. The Labute approximate surface area is 144 Å². The standard InChI is InChI=1S/C15H21N5O3S/c1-9(2)20-15(17-18-19-20)24-10(3)14(21)16-11-6-7-12(22-4)13(8-11)23-5/h6-10H,1-5H3,(H,16,21). The van der Waals surface area contributed by atoms with E-state index in [0.717, 1.165) is 0 Å². The number of tetrazole rings is 1. The van der Waals surface area contributed by atoms with Gasteiger partial charge in [0.15, 0.2) is 11.5 Å². The molecule has 1 heterocycles. The van der Waals surface area contributed by atoms with Crippen molar-refractivity contribution in [3.05, 3.63) is 18.2 Å². The minimum Gasteiger partial charge on any atom is -0.493 e. The first-order valence-corrected chi connectivity index (χ1v) is 8.31. The van der Waals surface area contributed by atoms with Crippen LogP contribution in [0.25, 0.3) is 0 Å². The third-order valence-corrected chi connectivity index (χ3v) is 4.30. The SMILES string of the molecule is COc1ccc(NC(=O)C(C)Sc2nnnn2C(C)C)cc1OC. The Kier molecular flexibility index (Phi) is 6.02. The number of thioether (sulfide) groups is 1. The molecule has 1 amide bonds. The van der Waals surface area contributed by atoms with Crippen molar-refractivity contribution in [3.63, 3.8) is 0 Å². The van der Waals surface area contributed by atoms with Gasteiger partial charge in [0.1, 0.15) is 0 Å². The molecule has 2 rings (SSSR count). The van der Waals surface area contributed by atoms with Gasteiger partial charge in [-0.1, -0.05) is 11.8 Å². The van der Waals surface area contributed by atoms with Crippen LogP contribution in [0.1, 0.15) is 26.8 Å². The minimum atomic E-state index is -0.360. The Hall–Kier alpha value is -2.29. The van der Waals surface area contributed by atoms with E-state index in [1.807, 2.05) is 13.8 Å². The van der Waals surface area contributed by atoms with Crippen LogP contribution in [0, 0.1) is 0 Å². The van der Waals surface area contributed by atoms with Gasteiger partial charge in [0.25, 0.3) is 0 Å². The number of methoxy groups -OCH3 is 2. The zero-order chi connectivity index (χ0) is 17.7. The number of hydrogen-bond acceptors (Lipinski definition) is 7. The highest BCUT2D eigenvalue weighted by atomic mass is 32.2. The summed E-state index contributed by atoms with van der Waals surface area (Å²) in [5.41, 5.74) is 0.633. The first kappa shape index (κ1) is 18.1. The number of ether oxygens (including phenoxy) is 2. The first-order valence-electron chi connectivity index (χ1n) is 7.43. The van der Waals surface area contributed by atoms with Crippen molar-refractivity contribution in [1.82, 2.24) is 20.2 Å². The van der Waals surface area contributed by atoms with Crippen molar-refractivity contribution >= 4 is 23.4 Å². The second-order valence-electron chi connectivity index (χ2n) is 5.32. The van der Waals surface area contributed by atoms with Gasteiger partial charge in [0.2, 0.25) is 11.1 Å². The molecule has 0 aliphatic heterocycles. The van der Waals surface area contributed by atoms with Crippen LogP contribution in [0.15, 0.2) is 23.4 Å². The number of carbonyl (C=O) groups excluding carboxylic acids is 1. The Morgan fingerprint density at radius 2 is 1.92 bits per heavy atom. The maximum absolute atomic E-state index is 12.4. The van der Waals surface area contributed by atoms with Crippen molar-refractivity contribution in [2.45, 2.75) is 37.2 Å². The van der Waals surface area contributed by atoms with Gasteiger partial charge in [-0.3, -0.25) is 4.79 Å². The number of aromatic nitrogens is 4. The van der Waals surface area contributed by atoms with Crippen LogP contribution in [0.2, 0.25) is 0 Å². The second kappa shape index (κ2) is 8.00. The molecule has 1 aromatic carbocycles. The zero-order valence-corrected chi connectivity index (χ0v) is 15.1. The van der Waals surface area contributed by atoms with E-state index in [9.17, 15) is 4.79 Å². The largest absolute Gasteiger partial charge is 0.493 e. The van der Waals surface area contributed by atoms with Crippen molar-refractivity contribution in [3.8, 4) is 11.5 Å². The highest BCUT2D eigenvalue weighted by Crippen LogP contribution is 2.30. The molecule has 0 radical (unpaired) electrons. The maximum Gasteiger partial charge on any atom is 0.237 e. The molecule has 0 spiro atoms. The quantitative estimate of drug-likeness (QED) is 0.766. The molecule has 0 fully saturated rings. The summed E-state index contributed by atoms with van der Waals surface area (Å²) in [5.74, 6) is 1.01. The highest BCUT2D eigenvalue weighted by molar-refractivity contribution is 8.00. The molecule has 0 aliphatic carbocycles. The second-order valence-corrected chi connectivity index (χ2v) is 6.63. The molecule has 8 nitrogen and oxygen atoms in total. The van der Waals surface area contributed by atoms with Gasteiger partial charge >= 0.3 is 0 Å². The van der Waals surface area contributed by atoms with Gasteiger partial charge in [-0.2, -0.15) is 0 Å². The van der Waals surface area contributed by atoms with Crippen molar-refractivity contribution < 1.29 is 14.3 Å². The molecular formula is C15H21N5O3S. The van der Waals surface area contributed by atoms with Crippen LogP contribution in [0.3, 0.4) is 0 Å². The number of amides is 1. The Balaban J connectivity index is 2.05. The summed E-state index contributed by atoms with van der Waals surface area (Å²) in [6.45, 7) is 5.77. The van der Waals surface area contributed by atoms with Gasteiger partial charge in [0.05, 0.1) is 25.5 Å². The van der Waals surface area contributed by atoms with Crippen molar-refractivity contribution in [1.29, 1.82) is 0 Å². The van der Waals surface area contributed by atoms with Crippen LogP contribution >= 0.6 is 11.8 Å². The predicted molar refractivity (Wildman–Crippen MR) is 91.7 cm³/mol. The van der Waals surface area contributed by atoms with Gasteiger partial charge in [-0.05, 0) is 43.3 Å². The monoisotopic (exact) mass is 351 g/mol. The van der Waals surface area contributed by atoms with Crippen LogP contribution < -0.4 is 14.8 Å². The van der Waals surface area contributed by atoms with Gasteiger partial charge < -0.3 is 14.8 Å². The lowest BCUT2D eigenvalue weighted by Gasteiger charge is -2.14. The molecule has 0 aliphatic rings. The lowest BCUT2D eigenvalue weighted by molar-refractivity contribution is -0.115. The smallest absolute Gasteiger partial charge is 0.237 e. The molecule has 0 saturated heterocycles. The molecule has 0 saturated carbocycles. The number of benzene rings is 1. The number of anilines is 1. The average molecular weight is 351 g/mol. The van der Waals surface area contributed by atoms with Crippen molar-refractivity contribution in [2.75, 3.05) is 19.5 Å². The molecule has 9 heteroatoms. The fraction of sp³-hybridized carbons (Fsp3) is 0.467. The summed E-state index contributed by atoms with van der Waals surface area (Å²) in [4.78, 5) is 12.4. The fourth-order valence-electron chi connectivity index (χ4n) is 1.96. The summed E-state index contributed by atoms with van der Waals surface area (Å²) < 4.78 is 12.1. The van der Waals surface area contributed by atoms with E-state index in [-0.39, 0.29) is 17.2 Å². The summed E-state index contributed by atoms with van der Waals surface area (Å²) in [6, 6.07) is 5.34. The number of hydrogen-bond donors (Lipinski definition) is 1. The highest BCUT2D eigenvalue weighted by Gasteiger charge is 2.20. The van der Waals surface area contributed by atoms with Crippen molar-refractivity contribution in [2.24, 2.45) is 0 Å². The number of rotatable bonds is 7. The third-order valence-electron chi connectivity index (χ3n) is 3.25. The summed E-state index contributed by atoms with van der Waals surface area (Å²) in [5, 5.41) is 14.7. The lowest BCUT2D eigenvalue weighted by Crippen LogP contribution is -2.23. The first-order chi connectivity index (χ1) is 11.5. The van der Waals surface area contributed by atoms with E-state index in [1.54, 1.807) is 44.0 Å². The maximum atomic E-state index is 12.4. The van der Waals surface area contributed by atoms with E-state index < -0.39 is 0 Å².